The molecule has 1 aromatic carbocycles. The summed E-state index contributed by atoms with van der Waals surface area (Å²) in [5.74, 6) is 1.62. The van der Waals surface area contributed by atoms with E-state index < -0.39 is 0 Å². The number of hydrogen-bond acceptors (Lipinski definition) is 2. The molecule has 1 fully saturated rings. The van der Waals surface area contributed by atoms with Gasteiger partial charge in [0.2, 0.25) is 0 Å². The van der Waals surface area contributed by atoms with E-state index in [4.69, 9.17) is 5.21 Å². The fourth-order valence-electron chi connectivity index (χ4n) is 2.20. The number of hydrogen-bond donors (Lipinski definition) is 2. The minimum Gasteiger partial charge on any atom is -0.410 e. The first kappa shape index (κ1) is 11.6. The highest BCUT2D eigenvalue weighted by atomic mass is 19.1. The molecule has 0 bridgehead atoms. The molecule has 3 N–H and O–H groups in total. The standard InChI is InChI=1S/C12H11F.CH4N2O/c13-12-3-1-8(2-4-12)9-5-10-7-11(10)6-9;2-1-3-4/h1-5,10-11H,6-7H2;1,4H,(H2,2,3). The largest absolute Gasteiger partial charge is 0.410 e. The monoisotopic (exact) mass is 234 g/mol. The van der Waals surface area contributed by atoms with E-state index in [1.165, 1.54) is 24.0 Å². The number of fused-ring (bicyclic) bond motifs is 1. The fraction of sp³-hybridized carbons (Fsp3) is 0.308. The summed E-state index contributed by atoms with van der Waals surface area (Å²) in [6.07, 6.45) is 5.75. The zero-order chi connectivity index (χ0) is 12.3. The Morgan fingerprint density at radius 3 is 2.47 bits per heavy atom. The van der Waals surface area contributed by atoms with Crippen molar-refractivity contribution in [3.05, 3.63) is 41.7 Å². The zero-order valence-electron chi connectivity index (χ0n) is 9.38. The second-order valence-corrected chi connectivity index (χ2v) is 4.33. The molecule has 3 nitrogen and oxygen atoms in total. The second-order valence-electron chi connectivity index (χ2n) is 4.33. The summed E-state index contributed by atoms with van der Waals surface area (Å²) in [4.78, 5) is 0. The van der Waals surface area contributed by atoms with Gasteiger partial charge in [-0.1, -0.05) is 23.4 Å². The number of oxime groups is 1. The Hall–Kier alpha value is -1.84. The van der Waals surface area contributed by atoms with Gasteiger partial charge in [0, 0.05) is 0 Å². The van der Waals surface area contributed by atoms with E-state index in [0.717, 1.165) is 18.2 Å². The van der Waals surface area contributed by atoms with Gasteiger partial charge in [-0.25, -0.2) is 4.39 Å². The first-order valence-electron chi connectivity index (χ1n) is 5.59. The third-order valence-electron chi connectivity index (χ3n) is 3.16. The van der Waals surface area contributed by atoms with Gasteiger partial charge in [-0.3, -0.25) is 0 Å². The number of allylic oxidation sites excluding steroid dienone is 2. The van der Waals surface area contributed by atoms with E-state index in [-0.39, 0.29) is 5.82 Å². The van der Waals surface area contributed by atoms with Gasteiger partial charge in [0.05, 0.1) is 0 Å². The van der Waals surface area contributed by atoms with Crippen molar-refractivity contribution in [1.82, 2.24) is 0 Å². The third kappa shape index (κ3) is 2.84. The second kappa shape index (κ2) is 4.99. The van der Waals surface area contributed by atoms with Crippen molar-refractivity contribution in [2.24, 2.45) is 22.7 Å². The van der Waals surface area contributed by atoms with Crippen molar-refractivity contribution in [3.8, 4) is 0 Å². The van der Waals surface area contributed by atoms with Crippen LogP contribution in [-0.4, -0.2) is 11.5 Å². The highest BCUT2D eigenvalue weighted by molar-refractivity contribution is 5.69. The molecule has 1 aromatic rings. The maximum absolute atomic E-state index is 12.6. The topological polar surface area (TPSA) is 58.6 Å². The number of nitrogens with zero attached hydrogens (tertiary/aromatic N) is 1. The van der Waals surface area contributed by atoms with Crippen LogP contribution in [0.2, 0.25) is 0 Å². The first-order chi connectivity index (χ1) is 8.24. The molecule has 0 heterocycles. The molecule has 0 radical (unpaired) electrons. The first-order valence-corrected chi connectivity index (χ1v) is 5.59. The van der Waals surface area contributed by atoms with Crippen LogP contribution in [0.3, 0.4) is 0 Å². The lowest BCUT2D eigenvalue weighted by Crippen LogP contribution is -1.85. The molecule has 17 heavy (non-hydrogen) atoms. The lowest BCUT2D eigenvalue weighted by molar-refractivity contribution is 0.321. The van der Waals surface area contributed by atoms with Gasteiger partial charge in [0.25, 0.3) is 0 Å². The maximum atomic E-state index is 12.6. The van der Waals surface area contributed by atoms with Crippen molar-refractivity contribution < 1.29 is 9.60 Å². The summed E-state index contributed by atoms with van der Waals surface area (Å²) in [5.41, 5.74) is 7.11. The summed E-state index contributed by atoms with van der Waals surface area (Å²) in [5, 5.41) is 9.71. The van der Waals surface area contributed by atoms with Crippen LogP contribution in [-0.2, 0) is 0 Å². The zero-order valence-corrected chi connectivity index (χ0v) is 9.38. The SMILES string of the molecule is Fc1ccc(C2=CC3CC3C2)cc1.N/C=N\O. The minimum atomic E-state index is -0.146. The minimum absolute atomic E-state index is 0.146. The highest BCUT2D eigenvalue weighted by Crippen LogP contribution is 2.52. The van der Waals surface area contributed by atoms with Crippen LogP contribution in [0.15, 0.2) is 35.5 Å². The van der Waals surface area contributed by atoms with E-state index in [1.54, 1.807) is 12.1 Å². The van der Waals surface area contributed by atoms with E-state index in [2.05, 4.69) is 17.0 Å². The molecule has 0 aromatic heterocycles. The van der Waals surface area contributed by atoms with Crippen molar-refractivity contribution in [2.75, 3.05) is 0 Å². The summed E-state index contributed by atoms with van der Waals surface area (Å²) in [6, 6.07) is 6.85. The van der Waals surface area contributed by atoms with Crippen LogP contribution < -0.4 is 5.73 Å². The average molecular weight is 234 g/mol. The Bertz CT molecular complexity index is 435. The molecule has 1 saturated carbocycles. The van der Waals surface area contributed by atoms with Crippen molar-refractivity contribution in [2.45, 2.75) is 12.8 Å². The molecule has 0 aliphatic heterocycles. The smallest absolute Gasteiger partial charge is 0.125 e. The van der Waals surface area contributed by atoms with Crippen molar-refractivity contribution >= 4 is 11.9 Å². The summed E-state index contributed by atoms with van der Waals surface area (Å²) in [7, 11) is 0. The maximum Gasteiger partial charge on any atom is 0.125 e. The Labute approximate surface area is 99.4 Å². The van der Waals surface area contributed by atoms with Crippen molar-refractivity contribution in [3.63, 3.8) is 0 Å². The Morgan fingerprint density at radius 1 is 1.35 bits per heavy atom. The van der Waals surface area contributed by atoms with Crippen LogP contribution in [0.5, 0.6) is 0 Å². The lowest BCUT2D eigenvalue weighted by Gasteiger charge is -2.02. The molecular formula is C13H15FN2O. The fourth-order valence-corrected chi connectivity index (χ4v) is 2.20. The molecule has 3 rings (SSSR count). The average Bonchev–Trinajstić information content (AvgIpc) is 2.97. The van der Waals surface area contributed by atoms with Gasteiger partial charge in [0.15, 0.2) is 0 Å². The van der Waals surface area contributed by atoms with E-state index in [0.29, 0.717) is 0 Å². The van der Waals surface area contributed by atoms with Gasteiger partial charge in [-0.05, 0) is 47.9 Å². The van der Waals surface area contributed by atoms with Crippen LogP contribution in [0, 0.1) is 17.7 Å². The Morgan fingerprint density at radius 2 is 2.00 bits per heavy atom. The molecule has 0 spiro atoms. The molecule has 2 atom stereocenters. The van der Waals surface area contributed by atoms with Gasteiger partial charge < -0.3 is 10.9 Å². The van der Waals surface area contributed by atoms with E-state index in [9.17, 15) is 4.39 Å². The van der Waals surface area contributed by atoms with Gasteiger partial charge in [-0.15, -0.1) is 0 Å². The van der Waals surface area contributed by atoms with Crippen LogP contribution in [0.1, 0.15) is 18.4 Å². The predicted molar refractivity (Wildman–Crippen MR) is 65.1 cm³/mol. The molecule has 2 aliphatic rings. The number of halogens is 1. The van der Waals surface area contributed by atoms with Gasteiger partial charge in [0.1, 0.15) is 12.2 Å². The molecule has 2 unspecified atom stereocenters. The number of nitrogens with two attached hydrogens (primary N) is 1. The summed E-state index contributed by atoms with van der Waals surface area (Å²) in [6.45, 7) is 0. The number of benzene rings is 1. The van der Waals surface area contributed by atoms with E-state index >= 15 is 0 Å². The van der Waals surface area contributed by atoms with E-state index in [1.807, 2.05) is 12.1 Å². The lowest BCUT2D eigenvalue weighted by atomic mass is 10.0. The van der Waals surface area contributed by atoms with Crippen LogP contribution in [0.25, 0.3) is 5.57 Å². The van der Waals surface area contributed by atoms with Gasteiger partial charge >= 0.3 is 0 Å². The molecular weight excluding hydrogens is 219 g/mol. The normalized spacial score (nSPS) is 24.9. The Kier molecular flexibility index (Phi) is 3.42. The highest BCUT2D eigenvalue weighted by Gasteiger charge is 2.40. The molecule has 0 amide bonds. The summed E-state index contributed by atoms with van der Waals surface area (Å²) < 4.78 is 12.6. The molecule has 90 valence electrons. The quantitative estimate of drug-likeness (QED) is 0.339. The number of rotatable bonds is 1. The molecule has 0 saturated heterocycles. The molecule has 4 heteroatoms. The predicted octanol–water partition coefficient (Wildman–Crippen LogP) is 2.61. The third-order valence-corrected chi connectivity index (χ3v) is 3.16. The van der Waals surface area contributed by atoms with Crippen LogP contribution >= 0.6 is 0 Å². The van der Waals surface area contributed by atoms with Crippen molar-refractivity contribution in [1.29, 1.82) is 0 Å². The van der Waals surface area contributed by atoms with Crippen LogP contribution in [0.4, 0.5) is 4.39 Å². The van der Waals surface area contributed by atoms with Gasteiger partial charge in [-0.2, -0.15) is 0 Å². The summed E-state index contributed by atoms with van der Waals surface area (Å²) >= 11 is 0. The Balaban J connectivity index is 0.000000239. The molecule has 2 aliphatic carbocycles.